The summed E-state index contributed by atoms with van der Waals surface area (Å²) >= 11 is 0. The molecule has 0 aromatic carbocycles. The molecule has 0 heterocycles. The van der Waals surface area contributed by atoms with Gasteiger partial charge in [-0.15, -0.1) is 6.58 Å². The summed E-state index contributed by atoms with van der Waals surface area (Å²) in [6, 6.07) is 0. The maximum atomic E-state index is 10.4. The van der Waals surface area contributed by atoms with Crippen LogP contribution in [0.2, 0.25) is 0 Å². The number of aliphatic hydroxyl groups is 1. The van der Waals surface area contributed by atoms with Gasteiger partial charge in [-0.2, -0.15) is 0 Å². The van der Waals surface area contributed by atoms with E-state index in [1.807, 2.05) is 0 Å². The molecule has 2 N–H and O–H groups in total. The Balaban J connectivity index is 3.99. The van der Waals surface area contributed by atoms with Gasteiger partial charge in [0.2, 0.25) is 0 Å². The first-order valence-corrected chi connectivity index (χ1v) is 4.15. The van der Waals surface area contributed by atoms with Crippen molar-refractivity contribution >= 4 is 5.97 Å². The van der Waals surface area contributed by atoms with E-state index < -0.39 is 11.6 Å². The van der Waals surface area contributed by atoms with Crippen molar-refractivity contribution in [3.63, 3.8) is 0 Å². The molecule has 0 aliphatic heterocycles. The Morgan fingerprint density at radius 1 is 1.62 bits per heavy atom. The number of aliphatic carboxylic acids is 1. The molecule has 0 spiro atoms. The second-order valence-electron chi connectivity index (χ2n) is 3.29. The van der Waals surface area contributed by atoms with E-state index in [1.165, 1.54) is 13.0 Å². The van der Waals surface area contributed by atoms with Gasteiger partial charge < -0.3 is 10.2 Å². The van der Waals surface area contributed by atoms with E-state index in [0.717, 1.165) is 0 Å². The smallest absolute Gasteiger partial charge is 0.330 e. The summed E-state index contributed by atoms with van der Waals surface area (Å²) in [5, 5.41) is 18.0. The highest BCUT2D eigenvalue weighted by Gasteiger charge is 2.13. The van der Waals surface area contributed by atoms with Gasteiger partial charge in [0.1, 0.15) is 0 Å². The fourth-order valence-electron chi connectivity index (χ4n) is 0.770. The normalized spacial score (nSPS) is 16.4. The van der Waals surface area contributed by atoms with E-state index in [9.17, 15) is 9.90 Å². The van der Waals surface area contributed by atoms with Crippen LogP contribution in [0.1, 0.15) is 26.7 Å². The number of rotatable bonds is 5. The molecule has 3 nitrogen and oxygen atoms in total. The van der Waals surface area contributed by atoms with Crippen molar-refractivity contribution in [1.29, 1.82) is 0 Å². The van der Waals surface area contributed by atoms with Gasteiger partial charge in [-0.1, -0.05) is 12.2 Å². The molecule has 0 saturated heterocycles. The van der Waals surface area contributed by atoms with E-state index in [-0.39, 0.29) is 0 Å². The molecule has 0 amide bonds. The number of carbonyl (C=O) groups is 1. The lowest BCUT2D eigenvalue weighted by molar-refractivity contribution is -0.132. The lowest BCUT2D eigenvalue weighted by atomic mass is 10.00. The van der Waals surface area contributed by atoms with Crippen LogP contribution in [0.25, 0.3) is 0 Å². The molecule has 0 radical (unpaired) electrons. The maximum Gasteiger partial charge on any atom is 0.330 e. The molecule has 74 valence electrons. The van der Waals surface area contributed by atoms with Gasteiger partial charge >= 0.3 is 5.97 Å². The first-order chi connectivity index (χ1) is 5.89. The SMILES string of the molecule is C=CC(C)(O)CCC=C(C)C(=O)O. The van der Waals surface area contributed by atoms with Crippen molar-refractivity contribution in [1.82, 2.24) is 0 Å². The quantitative estimate of drug-likeness (QED) is 0.505. The van der Waals surface area contributed by atoms with E-state index in [1.54, 1.807) is 13.0 Å². The molecule has 0 saturated carbocycles. The zero-order chi connectivity index (χ0) is 10.5. The Morgan fingerprint density at radius 2 is 2.15 bits per heavy atom. The Hall–Kier alpha value is -1.09. The van der Waals surface area contributed by atoms with Gasteiger partial charge in [-0.3, -0.25) is 0 Å². The van der Waals surface area contributed by atoms with Crippen LogP contribution < -0.4 is 0 Å². The van der Waals surface area contributed by atoms with Crippen molar-refractivity contribution in [3.05, 3.63) is 24.3 Å². The molecule has 0 aliphatic rings. The third kappa shape index (κ3) is 5.20. The number of allylic oxidation sites excluding steroid dienone is 1. The van der Waals surface area contributed by atoms with Crippen molar-refractivity contribution in [2.24, 2.45) is 0 Å². The van der Waals surface area contributed by atoms with Gasteiger partial charge in [0.15, 0.2) is 0 Å². The van der Waals surface area contributed by atoms with Gasteiger partial charge in [0.25, 0.3) is 0 Å². The van der Waals surface area contributed by atoms with E-state index in [4.69, 9.17) is 5.11 Å². The lowest BCUT2D eigenvalue weighted by Crippen LogP contribution is -2.19. The molecule has 0 aromatic heterocycles. The highest BCUT2D eigenvalue weighted by molar-refractivity contribution is 5.85. The van der Waals surface area contributed by atoms with Gasteiger partial charge in [-0.05, 0) is 26.7 Å². The first-order valence-electron chi connectivity index (χ1n) is 4.15. The molecule has 1 unspecified atom stereocenters. The molecular weight excluding hydrogens is 168 g/mol. The Morgan fingerprint density at radius 3 is 2.54 bits per heavy atom. The predicted octanol–water partition coefficient (Wildman–Crippen LogP) is 1.73. The average molecular weight is 184 g/mol. The maximum absolute atomic E-state index is 10.4. The molecular formula is C10H16O3. The third-order valence-corrected chi connectivity index (χ3v) is 1.88. The highest BCUT2D eigenvalue weighted by atomic mass is 16.4. The van der Waals surface area contributed by atoms with Gasteiger partial charge in [-0.25, -0.2) is 4.79 Å². The predicted molar refractivity (Wildman–Crippen MR) is 51.4 cm³/mol. The lowest BCUT2D eigenvalue weighted by Gasteiger charge is -2.16. The zero-order valence-corrected chi connectivity index (χ0v) is 8.08. The molecule has 1 atom stereocenters. The summed E-state index contributed by atoms with van der Waals surface area (Å²) in [4.78, 5) is 10.4. The van der Waals surface area contributed by atoms with Crippen molar-refractivity contribution < 1.29 is 15.0 Å². The minimum atomic E-state index is -0.918. The van der Waals surface area contributed by atoms with Crippen LogP contribution in [-0.2, 0) is 4.79 Å². The van der Waals surface area contributed by atoms with E-state index in [0.29, 0.717) is 18.4 Å². The highest BCUT2D eigenvalue weighted by Crippen LogP contribution is 2.13. The van der Waals surface area contributed by atoms with Crippen molar-refractivity contribution in [2.45, 2.75) is 32.3 Å². The summed E-state index contributed by atoms with van der Waals surface area (Å²) < 4.78 is 0. The Bertz CT molecular complexity index is 226. The first kappa shape index (κ1) is 11.9. The summed E-state index contributed by atoms with van der Waals surface area (Å²) in [6.07, 6.45) is 4.08. The van der Waals surface area contributed by atoms with Gasteiger partial charge in [0, 0.05) is 5.57 Å². The fraction of sp³-hybridized carbons (Fsp3) is 0.500. The molecule has 13 heavy (non-hydrogen) atoms. The number of carboxylic acids is 1. The zero-order valence-electron chi connectivity index (χ0n) is 8.08. The number of carboxylic acid groups (broad SMARTS) is 1. The fourth-order valence-corrected chi connectivity index (χ4v) is 0.770. The number of hydrogen-bond donors (Lipinski definition) is 2. The molecule has 3 heteroatoms. The largest absolute Gasteiger partial charge is 0.478 e. The molecule has 0 aromatic rings. The topological polar surface area (TPSA) is 57.5 Å². The van der Waals surface area contributed by atoms with E-state index in [2.05, 4.69) is 6.58 Å². The van der Waals surface area contributed by atoms with Crippen LogP contribution in [0, 0.1) is 0 Å². The van der Waals surface area contributed by atoms with Crippen LogP contribution in [0.15, 0.2) is 24.3 Å². The molecule has 0 fully saturated rings. The van der Waals surface area contributed by atoms with Crippen LogP contribution in [0.5, 0.6) is 0 Å². The van der Waals surface area contributed by atoms with Crippen LogP contribution >= 0.6 is 0 Å². The minimum Gasteiger partial charge on any atom is -0.478 e. The molecule has 0 bridgehead atoms. The summed E-state index contributed by atoms with van der Waals surface area (Å²) in [5.41, 5.74) is -0.602. The molecule has 0 rings (SSSR count). The Labute approximate surface area is 78.4 Å². The second-order valence-corrected chi connectivity index (χ2v) is 3.29. The van der Waals surface area contributed by atoms with Crippen LogP contribution in [-0.4, -0.2) is 21.8 Å². The van der Waals surface area contributed by atoms with Crippen molar-refractivity contribution in [2.75, 3.05) is 0 Å². The monoisotopic (exact) mass is 184 g/mol. The molecule has 0 aliphatic carbocycles. The number of hydrogen-bond acceptors (Lipinski definition) is 2. The van der Waals surface area contributed by atoms with Crippen LogP contribution in [0.3, 0.4) is 0 Å². The summed E-state index contributed by atoms with van der Waals surface area (Å²) in [7, 11) is 0. The minimum absolute atomic E-state index is 0.305. The summed E-state index contributed by atoms with van der Waals surface area (Å²) in [5.74, 6) is -0.918. The third-order valence-electron chi connectivity index (χ3n) is 1.88. The van der Waals surface area contributed by atoms with E-state index >= 15 is 0 Å². The van der Waals surface area contributed by atoms with Gasteiger partial charge in [0.05, 0.1) is 5.60 Å². The Kier molecular flexibility index (Phi) is 4.42. The standard InChI is InChI=1S/C10H16O3/c1-4-10(3,13)7-5-6-8(2)9(11)12/h4,6,13H,1,5,7H2,2-3H3,(H,11,12). The van der Waals surface area contributed by atoms with Crippen molar-refractivity contribution in [3.8, 4) is 0 Å². The summed E-state index contributed by atoms with van der Waals surface area (Å²) in [6.45, 7) is 6.65. The second kappa shape index (κ2) is 4.82. The van der Waals surface area contributed by atoms with Crippen LogP contribution in [0.4, 0.5) is 0 Å². The average Bonchev–Trinajstić information content (AvgIpc) is 2.04.